The van der Waals surface area contributed by atoms with Gasteiger partial charge in [-0.15, -0.1) is 0 Å². The molecule has 2 nitrogen and oxygen atoms in total. The van der Waals surface area contributed by atoms with Gasteiger partial charge in [0.2, 0.25) is 0 Å². The van der Waals surface area contributed by atoms with Gasteiger partial charge in [0.15, 0.2) is 0 Å². The molecule has 10 heavy (non-hydrogen) atoms. The third kappa shape index (κ3) is 1.06. The molecule has 3 fully saturated rings. The molecule has 0 N–H and O–H groups in total. The lowest BCUT2D eigenvalue weighted by atomic mass is 9.99. The molecule has 0 aliphatic carbocycles. The molecule has 2 heteroatoms. The number of rotatable bonds is 2. The van der Waals surface area contributed by atoms with E-state index in [4.69, 9.17) is 4.74 Å². The summed E-state index contributed by atoms with van der Waals surface area (Å²) in [7, 11) is 0. The highest BCUT2D eigenvalue weighted by Gasteiger charge is 2.37. The predicted molar refractivity (Wildman–Crippen MR) is 40.0 cm³/mol. The van der Waals surface area contributed by atoms with Gasteiger partial charge >= 0.3 is 0 Å². The first-order valence-electron chi connectivity index (χ1n) is 4.26. The monoisotopic (exact) mass is 141 g/mol. The van der Waals surface area contributed by atoms with Gasteiger partial charge in [-0.2, -0.15) is 0 Å². The zero-order valence-corrected chi connectivity index (χ0v) is 6.55. The largest absolute Gasteiger partial charge is 0.372 e. The maximum Gasteiger partial charge on any atom is 0.0731 e. The minimum atomic E-state index is 0.588. The molecule has 0 radical (unpaired) electrons. The molecule has 0 spiro atoms. The Labute approximate surface area is 62.2 Å². The van der Waals surface area contributed by atoms with Crippen LogP contribution in [-0.4, -0.2) is 36.7 Å². The van der Waals surface area contributed by atoms with Crippen LogP contribution in [0.25, 0.3) is 0 Å². The number of piperidine rings is 1. The molecule has 0 aromatic carbocycles. The first-order chi connectivity index (χ1) is 4.88. The number of hydrogen-bond acceptors (Lipinski definition) is 2. The van der Waals surface area contributed by atoms with E-state index in [1.807, 2.05) is 0 Å². The van der Waals surface area contributed by atoms with Crippen LogP contribution in [-0.2, 0) is 4.74 Å². The van der Waals surface area contributed by atoms with Crippen LogP contribution in [0.1, 0.15) is 19.8 Å². The molecule has 3 aliphatic heterocycles. The van der Waals surface area contributed by atoms with Crippen LogP contribution < -0.4 is 0 Å². The van der Waals surface area contributed by atoms with E-state index in [1.54, 1.807) is 0 Å². The van der Waals surface area contributed by atoms with Gasteiger partial charge in [0, 0.05) is 19.5 Å². The van der Waals surface area contributed by atoms with Gasteiger partial charge in [0.25, 0.3) is 0 Å². The summed E-state index contributed by atoms with van der Waals surface area (Å²) >= 11 is 0. The molecule has 2 bridgehead atoms. The van der Waals surface area contributed by atoms with E-state index in [2.05, 4.69) is 11.8 Å². The highest BCUT2D eigenvalue weighted by Crippen LogP contribution is 2.27. The van der Waals surface area contributed by atoms with Gasteiger partial charge in [-0.1, -0.05) is 6.92 Å². The SMILES string of the molecule is CCCN1CC2CC(C1)O2. The molecule has 2 unspecified atom stereocenters. The Balaban J connectivity index is 1.80. The number of ether oxygens (including phenoxy) is 1. The first kappa shape index (κ1) is 6.62. The summed E-state index contributed by atoms with van der Waals surface area (Å²) in [4.78, 5) is 2.52. The standard InChI is InChI=1S/C8H15NO/c1-2-3-9-5-7-4-8(6-9)10-7/h7-8H,2-6H2,1H3. The summed E-state index contributed by atoms with van der Waals surface area (Å²) in [6.07, 6.45) is 3.77. The molecule has 2 atom stereocenters. The van der Waals surface area contributed by atoms with E-state index in [0.717, 1.165) is 0 Å². The van der Waals surface area contributed by atoms with Crippen molar-refractivity contribution in [2.75, 3.05) is 19.6 Å². The molecule has 3 aliphatic rings. The lowest BCUT2D eigenvalue weighted by Gasteiger charge is -2.47. The number of hydrogen-bond donors (Lipinski definition) is 0. The summed E-state index contributed by atoms with van der Waals surface area (Å²) in [6.45, 7) is 5.87. The Morgan fingerprint density at radius 3 is 2.50 bits per heavy atom. The molecule has 3 rings (SSSR count). The molecular weight excluding hydrogens is 126 g/mol. The van der Waals surface area contributed by atoms with Gasteiger partial charge in [-0.05, 0) is 13.0 Å². The third-order valence-electron chi connectivity index (χ3n) is 2.37. The maximum atomic E-state index is 5.51. The topological polar surface area (TPSA) is 12.5 Å². The molecule has 0 amide bonds. The molecule has 0 aromatic heterocycles. The second-order valence-electron chi connectivity index (χ2n) is 3.38. The molecule has 58 valence electrons. The van der Waals surface area contributed by atoms with E-state index >= 15 is 0 Å². The fourth-order valence-electron chi connectivity index (χ4n) is 1.94. The van der Waals surface area contributed by atoms with Crippen molar-refractivity contribution in [1.82, 2.24) is 4.90 Å². The van der Waals surface area contributed by atoms with E-state index in [-0.39, 0.29) is 0 Å². The Morgan fingerprint density at radius 1 is 1.40 bits per heavy atom. The van der Waals surface area contributed by atoms with Gasteiger partial charge < -0.3 is 4.74 Å². The average molecular weight is 141 g/mol. The van der Waals surface area contributed by atoms with Crippen LogP contribution in [0, 0.1) is 0 Å². The van der Waals surface area contributed by atoms with E-state index in [9.17, 15) is 0 Å². The van der Waals surface area contributed by atoms with Crippen molar-refractivity contribution < 1.29 is 4.74 Å². The summed E-state index contributed by atoms with van der Waals surface area (Å²) in [5.41, 5.74) is 0. The van der Waals surface area contributed by atoms with Crippen LogP contribution in [0.2, 0.25) is 0 Å². The van der Waals surface area contributed by atoms with Crippen molar-refractivity contribution >= 4 is 0 Å². The zero-order chi connectivity index (χ0) is 6.97. The van der Waals surface area contributed by atoms with Crippen LogP contribution in [0.5, 0.6) is 0 Å². The quantitative estimate of drug-likeness (QED) is 0.565. The highest BCUT2D eigenvalue weighted by molar-refractivity contribution is 4.88. The Morgan fingerprint density at radius 2 is 2.00 bits per heavy atom. The van der Waals surface area contributed by atoms with Crippen molar-refractivity contribution in [2.24, 2.45) is 0 Å². The lowest BCUT2D eigenvalue weighted by Crippen LogP contribution is -2.57. The number of nitrogens with zero attached hydrogens (tertiary/aromatic N) is 1. The fourth-order valence-corrected chi connectivity index (χ4v) is 1.94. The first-order valence-corrected chi connectivity index (χ1v) is 4.26. The smallest absolute Gasteiger partial charge is 0.0731 e. The second-order valence-corrected chi connectivity index (χ2v) is 3.38. The third-order valence-corrected chi connectivity index (χ3v) is 2.37. The van der Waals surface area contributed by atoms with Crippen molar-refractivity contribution in [3.8, 4) is 0 Å². The van der Waals surface area contributed by atoms with E-state index in [0.29, 0.717) is 12.2 Å². The van der Waals surface area contributed by atoms with Crippen LogP contribution >= 0.6 is 0 Å². The minimum absolute atomic E-state index is 0.588. The molecular formula is C8H15NO. The molecule has 3 saturated heterocycles. The van der Waals surface area contributed by atoms with Crippen molar-refractivity contribution in [3.63, 3.8) is 0 Å². The number of morpholine rings is 1. The second kappa shape index (κ2) is 2.51. The fraction of sp³-hybridized carbons (Fsp3) is 1.00. The summed E-state index contributed by atoms with van der Waals surface area (Å²) in [5, 5.41) is 0. The summed E-state index contributed by atoms with van der Waals surface area (Å²) in [6, 6.07) is 0. The highest BCUT2D eigenvalue weighted by atomic mass is 16.5. The average Bonchev–Trinajstić information content (AvgIpc) is 1.87. The Bertz CT molecular complexity index is 110. The van der Waals surface area contributed by atoms with Crippen molar-refractivity contribution in [1.29, 1.82) is 0 Å². The minimum Gasteiger partial charge on any atom is -0.372 e. The predicted octanol–water partition coefficient (Wildman–Crippen LogP) is 0.869. The van der Waals surface area contributed by atoms with Gasteiger partial charge in [0.1, 0.15) is 0 Å². The van der Waals surface area contributed by atoms with E-state index in [1.165, 1.54) is 32.5 Å². The molecule has 0 aromatic rings. The van der Waals surface area contributed by atoms with Gasteiger partial charge in [-0.25, -0.2) is 0 Å². The summed E-state index contributed by atoms with van der Waals surface area (Å²) in [5.74, 6) is 0. The molecule has 3 heterocycles. The zero-order valence-electron chi connectivity index (χ0n) is 6.55. The van der Waals surface area contributed by atoms with Crippen LogP contribution in [0.15, 0.2) is 0 Å². The van der Waals surface area contributed by atoms with E-state index < -0.39 is 0 Å². The molecule has 0 saturated carbocycles. The van der Waals surface area contributed by atoms with Crippen molar-refractivity contribution in [3.05, 3.63) is 0 Å². The van der Waals surface area contributed by atoms with Crippen LogP contribution in [0.3, 0.4) is 0 Å². The Kier molecular flexibility index (Phi) is 1.66. The van der Waals surface area contributed by atoms with Gasteiger partial charge in [0.05, 0.1) is 12.2 Å². The van der Waals surface area contributed by atoms with Gasteiger partial charge in [-0.3, -0.25) is 4.90 Å². The normalized spacial score (nSPS) is 39.3. The number of fused-ring (bicyclic) bond motifs is 2. The lowest BCUT2D eigenvalue weighted by molar-refractivity contribution is -0.180. The maximum absolute atomic E-state index is 5.51. The summed E-state index contributed by atoms with van der Waals surface area (Å²) < 4.78 is 5.51. The van der Waals surface area contributed by atoms with Crippen molar-refractivity contribution in [2.45, 2.75) is 32.0 Å². The van der Waals surface area contributed by atoms with Crippen LogP contribution in [0.4, 0.5) is 0 Å². The Hall–Kier alpha value is -0.0800.